The third-order valence-corrected chi connectivity index (χ3v) is 4.37. The minimum atomic E-state index is 0.390. The molecule has 2 aliphatic rings. The van der Waals surface area contributed by atoms with Crippen molar-refractivity contribution >= 4 is 5.71 Å². The van der Waals surface area contributed by atoms with Crippen molar-refractivity contribution in [1.29, 1.82) is 0 Å². The summed E-state index contributed by atoms with van der Waals surface area (Å²) in [6, 6.07) is 0.682. The van der Waals surface area contributed by atoms with E-state index in [1.165, 1.54) is 44.5 Å². The fourth-order valence-corrected chi connectivity index (χ4v) is 3.26. The van der Waals surface area contributed by atoms with E-state index in [9.17, 15) is 0 Å². The molecule has 1 saturated carbocycles. The van der Waals surface area contributed by atoms with Crippen molar-refractivity contribution in [1.82, 2.24) is 4.90 Å². The van der Waals surface area contributed by atoms with Gasteiger partial charge in [0.25, 0.3) is 0 Å². The molecule has 1 aliphatic carbocycles. The number of nitrogens with zero attached hydrogens (tertiary/aromatic N) is 2. The Kier molecular flexibility index (Phi) is 3.53. The Labute approximate surface area is 98.8 Å². The van der Waals surface area contributed by atoms with Crippen LogP contribution in [-0.2, 0) is 4.84 Å². The largest absolute Gasteiger partial charge is 0.399 e. The Balaban J connectivity index is 2.03. The molecule has 2 rings (SSSR count). The zero-order chi connectivity index (χ0) is 11.6. The van der Waals surface area contributed by atoms with Crippen LogP contribution in [0.25, 0.3) is 0 Å². The first kappa shape index (κ1) is 11.9. The van der Waals surface area contributed by atoms with Crippen molar-refractivity contribution in [3.63, 3.8) is 0 Å². The average Bonchev–Trinajstić information content (AvgIpc) is 2.63. The van der Waals surface area contributed by atoms with Gasteiger partial charge in [-0.1, -0.05) is 5.16 Å². The van der Waals surface area contributed by atoms with Crippen LogP contribution in [-0.4, -0.2) is 36.9 Å². The van der Waals surface area contributed by atoms with Crippen molar-refractivity contribution in [3.05, 3.63) is 0 Å². The van der Waals surface area contributed by atoms with Crippen LogP contribution >= 0.6 is 0 Å². The van der Waals surface area contributed by atoms with Crippen LogP contribution in [0, 0.1) is 5.41 Å². The third-order valence-electron chi connectivity index (χ3n) is 4.37. The molecule has 1 spiro atoms. The molecule has 0 aromatic carbocycles. The predicted molar refractivity (Wildman–Crippen MR) is 66.7 cm³/mol. The highest BCUT2D eigenvalue weighted by molar-refractivity contribution is 5.91. The minimum absolute atomic E-state index is 0.390. The summed E-state index contributed by atoms with van der Waals surface area (Å²) < 4.78 is 0. The Morgan fingerprint density at radius 1 is 1.25 bits per heavy atom. The van der Waals surface area contributed by atoms with Crippen LogP contribution < -0.4 is 0 Å². The Morgan fingerprint density at radius 2 is 1.94 bits per heavy atom. The first-order valence-corrected chi connectivity index (χ1v) is 6.52. The van der Waals surface area contributed by atoms with Gasteiger partial charge in [0.05, 0.1) is 5.71 Å². The lowest BCUT2D eigenvalue weighted by Gasteiger charge is -2.41. The molecular weight excluding hydrogens is 200 g/mol. The number of piperidine rings is 1. The maximum atomic E-state index is 5.00. The first-order chi connectivity index (χ1) is 7.68. The highest BCUT2D eigenvalue weighted by Crippen LogP contribution is 2.44. The Bertz CT molecular complexity index is 265. The van der Waals surface area contributed by atoms with Crippen LogP contribution in [0.5, 0.6) is 0 Å². The standard InChI is InChI=1S/C13H24N2O/c1-11(2)15-9-7-13(8-10-15)6-4-5-12(13)14-16-3/h11H,4-10H2,1-3H3/b14-12+. The van der Waals surface area contributed by atoms with Gasteiger partial charge in [0.2, 0.25) is 0 Å². The van der Waals surface area contributed by atoms with Gasteiger partial charge in [-0.2, -0.15) is 0 Å². The van der Waals surface area contributed by atoms with Crippen LogP contribution in [0.4, 0.5) is 0 Å². The number of likely N-dealkylation sites (tertiary alicyclic amines) is 1. The summed E-state index contributed by atoms with van der Waals surface area (Å²) in [5.74, 6) is 0. The minimum Gasteiger partial charge on any atom is -0.399 e. The zero-order valence-corrected chi connectivity index (χ0v) is 10.8. The van der Waals surface area contributed by atoms with Gasteiger partial charge < -0.3 is 9.74 Å². The lowest BCUT2D eigenvalue weighted by Crippen LogP contribution is -2.44. The maximum Gasteiger partial charge on any atom is 0.106 e. The number of hydrogen-bond acceptors (Lipinski definition) is 3. The van der Waals surface area contributed by atoms with E-state index in [0.29, 0.717) is 11.5 Å². The molecule has 3 nitrogen and oxygen atoms in total. The molecule has 3 heteroatoms. The fraction of sp³-hybridized carbons (Fsp3) is 0.923. The van der Waals surface area contributed by atoms with Crippen molar-refractivity contribution in [2.24, 2.45) is 10.6 Å². The molecule has 1 heterocycles. The zero-order valence-electron chi connectivity index (χ0n) is 10.8. The van der Waals surface area contributed by atoms with Crippen molar-refractivity contribution in [2.45, 2.75) is 52.0 Å². The molecular formula is C13H24N2O. The van der Waals surface area contributed by atoms with Gasteiger partial charge in [0.15, 0.2) is 0 Å². The van der Waals surface area contributed by atoms with E-state index in [1.807, 2.05) is 0 Å². The van der Waals surface area contributed by atoms with E-state index >= 15 is 0 Å². The fourth-order valence-electron chi connectivity index (χ4n) is 3.26. The molecule has 0 N–H and O–H groups in total. The van der Waals surface area contributed by atoms with Gasteiger partial charge in [0, 0.05) is 11.5 Å². The maximum absolute atomic E-state index is 5.00. The van der Waals surface area contributed by atoms with E-state index in [-0.39, 0.29) is 0 Å². The number of rotatable bonds is 2. The second-order valence-corrected chi connectivity index (χ2v) is 5.48. The van der Waals surface area contributed by atoms with Gasteiger partial charge in [-0.05, 0) is 59.0 Å². The van der Waals surface area contributed by atoms with Gasteiger partial charge in [-0.15, -0.1) is 0 Å². The molecule has 0 aromatic rings. The summed E-state index contributed by atoms with van der Waals surface area (Å²) in [4.78, 5) is 7.58. The number of hydrogen-bond donors (Lipinski definition) is 0. The molecule has 0 unspecified atom stereocenters. The van der Waals surface area contributed by atoms with E-state index in [2.05, 4.69) is 23.9 Å². The third kappa shape index (κ3) is 2.10. The summed E-state index contributed by atoms with van der Waals surface area (Å²) in [6.45, 7) is 7.02. The molecule has 16 heavy (non-hydrogen) atoms. The smallest absolute Gasteiger partial charge is 0.106 e. The van der Waals surface area contributed by atoms with Crippen LogP contribution in [0.15, 0.2) is 5.16 Å². The summed E-state index contributed by atoms with van der Waals surface area (Å²) >= 11 is 0. The summed E-state index contributed by atoms with van der Waals surface area (Å²) in [7, 11) is 1.67. The lowest BCUT2D eigenvalue weighted by atomic mass is 9.75. The average molecular weight is 224 g/mol. The summed E-state index contributed by atoms with van der Waals surface area (Å²) in [5, 5.41) is 4.27. The summed E-state index contributed by atoms with van der Waals surface area (Å²) in [5.41, 5.74) is 1.72. The summed E-state index contributed by atoms with van der Waals surface area (Å²) in [6.07, 6.45) is 6.31. The van der Waals surface area contributed by atoms with Gasteiger partial charge in [0.1, 0.15) is 7.11 Å². The van der Waals surface area contributed by atoms with E-state index in [1.54, 1.807) is 7.11 Å². The van der Waals surface area contributed by atoms with E-state index in [4.69, 9.17) is 4.84 Å². The predicted octanol–water partition coefficient (Wildman–Crippen LogP) is 2.66. The quantitative estimate of drug-likeness (QED) is 0.674. The second-order valence-electron chi connectivity index (χ2n) is 5.48. The molecule has 0 aromatic heterocycles. The number of oxime groups is 1. The first-order valence-electron chi connectivity index (χ1n) is 6.52. The second kappa shape index (κ2) is 4.74. The van der Waals surface area contributed by atoms with Crippen molar-refractivity contribution in [2.75, 3.05) is 20.2 Å². The van der Waals surface area contributed by atoms with Gasteiger partial charge in [-0.3, -0.25) is 0 Å². The molecule has 1 saturated heterocycles. The molecule has 0 amide bonds. The van der Waals surface area contributed by atoms with Gasteiger partial charge >= 0.3 is 0 Å². The van der Waals surface area contributed by atoms with Gasteiger partial charge in [-0.25, -0.2) is 0 Å². The van der Waals surface area contributed by atoms with Crippen LogP contribution in [0.1, 0.15) is 46.0 Å². The molecule has 0 atom stereocenters. The molecule has 1 aliphatic heterocycles. The van der Waals surface area contributed by atoms with Crippen molar-refractivity contribution < 1.29 is 4.84 Å². The van der Waals surface area contributed by atoms with E-state index < -0.39 is 0 Å². The van der Waals surface area contributed by atoms with Crippen LogP contribution in [0.3, 0.4) is 0 Å². The van der Waals surface area contributed by atoms with Crippen molar-refractivity contribution in [3.8, 4) is 0 Å². The highest BCUT2D eigenvalue weighted by Gasteiger charge is 2.42. The molecule has 0 radical (unpaired) electrons. The SMILES string of the molecule is CO/N=C1\CCCC12CCN(C(C)C)CC2. The van der Waals surface area contributed by atoms with E-state index in [0.717, 1.165) is 6.42 Å². The topological polar surface area (TPSA) is 24.8 Å². The Hall–Kier alpha value is -0.570. The normalized spacial score (nSPS) is 28.1. The monoisotopic (exact) mass is 224 g/mol. The Morgan fingerprint density at radius 3 is 2.50 bits per heavy atom. The molecule has 0 bridgehead atoms. The molecule has 92 valence electrons. The highest BCUT2D eigenvalue weighted by atomic mass is 16.6. The molecule has 2 fully saturated rings. The lowest BCUT2D eigenvalue weighted by molar-refractivity contribution is 0.119. The van der Waals surface area contributed by atoms with Crippen LogP contribution in [0.2, 0.25) is 0 Å².